The van der Waals surface area contributed by atoms with Crippen LogP contribution in [0.25, 0.3) is 0 Å². The van der Waals surface area contributed by atoms with Gasteiger partial charge >= 0.3 is 0 Å². The largest absolute Gasteiger partial charge is 0.361 e. The zero-order valence-electron chi connectivity index (χ0n) is 17.2. The molecule has 2 amide bonds. The van der Waals surface area contributed by atoms with Crippen molar-refractivity contribution < 1.29 is 14.1 Å². The highest BCUT2D eigenvalue weighted by molar-refractivity contribution is 5.96. The number of amides is 2. The summed E-state index contributed by atoms with van der Waals surface area (Å²) in [4.78, 5) is 29.1. The Morgan fingerprint density at radius 1 is 1.32 bits per heavy atom. The Hall–Kier alpha value is -2.67. The SMILES string of the molecule is Cc1cccc(CN2[C@H](CNC(=O)c3c(C)noc3C)CN(C)C(=O)[C@@H]2C)c1. The molecule has 1 aromatic carbocycles. The lowest BCUT2D eigenvalue weighted by Gasteiger charge is -2.44. The van der Waals surface area contributed by atoms with Crippen molar-refractivity contribution in [2.45, 2.75) is 46.3 Å². The molecule has 1 saturated heterocycles. The second kappa shape index (κ2) is 8.14. The summed E-state index contributed by atoms with van der Waals surface area (Å²) in [5.74, 6) is 0.413. The van der Waals surface area contributed by atoms with Crippen molar-refractivity contribution in [3.8, 4) is 0 Å². The van der Waals surface area contributed by atoms with E-state index in [0.29, 0.717) is 36.7 Å². The average Bonchev–Trinajstić information content (AvgIpc) is 2.99. The van der Waals surface area contributed by atoms with Gasteiger partial charge in [-0.05, 0) is 33.3 Å². The smallest absolute Gasteiger partial charge is 0.256 e. The Morgan fingerprint density at radius 3 is 2.71 bits per heavy atom. The van der Waals surface area contributed by atoms with Crippen molar-refractivity contribution >= 4 is 11.8 Å². The van der Waals surface area contributed by atoms with E-state index in [1.54, 1.807) is 18.7 Å². The summed E-state index contributed by atoms with van der Waals surface area (Å²) < 4.78 is 5.09. The van der Waals surface area contributed by atoms with Crippen molar-refractivity contribution in [2.24, 2.45) is 0 Å². The van der Waals surface area contributed by atoms with Gasteiger partial charge in [0.05, 0.1) is 11.7 Å². The highest BCUT2D eigenvalue weighted by Crippen LogP contribution is 2.20. The van der Waals surface area contributed by atoms with E-state index in [2.05, 4.69) is 40.5 Å². The first kappa shape index (κ1) is 20.1. The van der Waals surface area contributed by atoms with Crippen LogP contribution in [-0.2, 0) is 11.3 Å². The first-order chi connectivity index (χ1) is 13.3. The van der Waals surface area contributed by atoms with Crippen LogP contribution >= 0.6 is 0 Å². The number of hydrogen-bond acceptors (Lipinski definition) is 5. The number of rotatable bonds is 5. The standard InChI is InChI=1S/C21H28N4O3/c1-13-7-6-8-17(9-13)11-25-15(3)21(27)24(5)12-18(25)10-22-20(26)19-14(2)23-28-16(19)4/h6-9,15,18H,10-12H2,1-5H3,(H,22,26)/t15-,18+/m0/s1. The average molecular weight is 384 g/mol. The summed E-state index contributed by atoms with van der Waals surface area (Å²) in [5, 5.41) is 6.85. The lowest BCUT2D eigenvalue weighted by molar-refractivity contribution is -0.142. The number of nitrogens with zero attached hydrogens (tertiary/aromatic N) is 3. The zero-order valence-corrected chi connectivity index (χ0v) is 17.2. The highest BCUT2D eigenvalue weighted by Gasteiger charge is 2.36. The molecule has 0 saturated carbocycles. The van der Waals surface area contributed by atoms with Crippen LogP contribution < -0.4 is 5.32 Å². The molecule has 2 heterocycles. The molecule has 3 rings (SSSR count). The second-order valence-electron chi connectivity index (χ2n) is 7.62. The van der Waals surface area contributed by atoms with Crippen LogP contribution in [-0.4, -0.2) is 59.0 Å². The third-order valence-corrected chi connectivity index (χ3v) is 5.39. The lowest BCUT2D eigenvalue weighted by atomic mass is 10.0. The van der Waals surface area contributed by atoms with Crippen molar-refractivity contribution in [1.82, 2.24) is 20.3 Å². The van der Waals surface area contributed by atoms with Gasteiger partial charge in [0.15, 0.2) is 0 Å². The summed E-state index contributed by atoms with van der Waals surface area (Å²) in [7, 11) is 1.81. The van der Waals surface area contributed by atoms with Gasteiger partial charge in [0, 0.05) is 32.7 Å². The predicted octanol–water partition coefficient (Wildman–Crippen LogP) is 2.06. The van der Waals surface area contributed by atoms with Gasteiger partial charge in [0.2, 0.25) is 5.91 Å². The topological polar surface area (TPSA) is 78.7 Å². The number of benzene rings is 1. The van der Waals surface area contributed by atoms with Crippen LogP contribution in [0.15, 0.2) is 28.8 Å². The summed E-state index contributed by atoms with van der Waals surface area (Å²) in [6.45, 7) is 9.14. The fraction of sp³-hybridized carbons (Fsp3) is 0.476. The summed E-state index contributed by atoms with van der Waals surface area (Å²) in [6.07, 6.45) is 0. The number of carbonyl (C=O) groups is 2. The van der Waals surface area contributed by atoms with E-state index in [9.17, 15) is 9.59 Å². The zero-order chi connectivity index (χ0) is 20.4. The minimum absolute atomic E-state index is 0.0163. The van der Waals surface area contributed by atoms with Crippen LogP contribution in [0.1, 0.15) is 39.9 Å². The minimum Gasteiger partial charge on any atom is -0.361 e. The Labute approximate surface area is 165 Å². The summed E-state index contributed by atoms with van der Waals surface area (Å²) in [6, 6.07) is 8.06. The number of aromatic nitrogens is 1. The van der Waals surface area contributed by atoms with E-state index in [4.69, 9.17) is 4.52 Å². The second-order valence-corrected chi connectivity index (χ2v) is 7.62. The van der Waals surface area contributed by atoms with Crippen LogP contribution in [0.3, 0.4) is 0 Å². The molecule has 1 aromatic heterocycles. The summed E-state index contributed by atoms with van der Waals surface area (Å²) >= 11 is 0. The van der Waals surface area contributed by atoms with Gasteiger partial charge in [-0.1, -0.05) is 35.0 Å². The van der Waals surface area contributed by atoms with Gasteiger partial charge in [0.1, 0.15) is 11.3 Å². The van der Waals surface area contributed by atoms with Gasteiger partial charge in [-0.2, -0.15) is 0 Å². The molecule has 1 N–H and O–H groups in total. The lowest BCUT2D eigenvalue weighted by Crippen LogP contribution is -2.62. The Kier molecular flexibility index (Phi) is 5.84. The Bertz CT molecular complexity index is 857. The van der Waals surface area contributed by atoms with E-state index in [-0.39, 0.29) is 23.9 Å². The van der Waals surface area contributed by atoms with E-state index in [1.807, 2.05) is 20.0 Å². The fourth-order valence-electron chi connectivity index (χ4n) is 3.86. The van der Waals surface area contributed by atoms with E-state index < -0.39 is 0 Å². The molecule has 28 heavy (non-hydrogen) atoms. The highest BCUT2D eigenvalue weighted by atomic mass is 16.5. The molecule has 1 aliphatic rings. The third-order valence-electron chi connectivity index (χ3n) is 5.39. The number of hydrogen-bond donors (Lipinski definition) is 1. The fourth-order valence-corrected chi connectivity index (χ4v) is 3.86. The molecule has 1 aliphatic heterocycles. The molecule has 2 atom stereocenters. The maximum absolute atomic E-state index is 12.6. The van der Waals surface area contributed by atoms with E-state index in [0.717, 1.165) is 5.56 Å². The number of carbonyl (C=O) groups excluding carboxylic acids is 2. The number of piperazine rings is 1. The molecule has 7 heteroatoms. The molecule has 0 bridgehead atoms. The van der Waals surface area contributed by atoms with Gasteiger partial charge in [-0.25, -0.2) is 0 Å². The maximum Gasteiger partial charge on any atom is 0.256 e. The number of aryl methyl sites for hydroxylation is 3. The van der Waals surface area contributed by atoms with Crippen LogP contribution in [0.5, 0.6) is 0 Å². The molecule has 0 spiro atoms. The van der Waals surface area contributed by atoms with Gasteiger partial charge in [-0.15, -0.1) is 0 Å². The van der Waals surface area contributed by atoms with E-state index >= 15 is 0 Å². The Morgan fingerprint density at radius 2 is 2.07 bits per heavy atom. The van der Waals surface area contributed by atoms with Crippen molar-refractivity contribution in [3.05, 3.63) is 52.4 Å². The summed E-state index contributed by atoms with van der Waals surface area (Å²) in [5.41, 5.74) is 3.41. The van der Waals surface area contributed by atoms with Crippen LogP contribution in [0, 0.1) is 20.8 Å². The quantitative estimate of drug-likeness (QED) is 0.854. The normalized spacial score (nSPS) is 20.5. The van der Waals surface area contributed by atoms with Gasteiger partial charge < -0.3 is 14.7 Å². The number of nitrogens with one attached hydrogen (secondary N) is 1. The predicted molar refractivity (Wildman–Crippen MR) is 106 cm³/mol. The van der Waals surface area contributed by atoms with Crippen LogP contribution in [0.4, 0.5) is 0 Å². The molecule has 150 valence electrons. The van der Waals surface area contributed by atoms with Crippen molar-refractivity contribution in [2.75, 3.05) is 20.1 Å². The Balaban J connectivity index is 1.75. The van der Waals surface area contributed by atoms with Crippen molar-refractivity contribution in [1.29, 1.82) is 0 Å². The number of likely N-dealkylation sites (N-methyl/N-ethyl adjacent to an activating group) is 1. The molecular weight excluding hydrogens is 356 g/mol. The maximum atomic E-state index is 12.6. The van der Waals surface area contributed by atoms with Gasteiger partial charge in [-0.3, -0.25) is 14.5 Å². The first-order valence-electron chi connectivity index (χ1n) is 9.55. The molecule has 0 radical (unpaired) electrons. The molecule has 0 unspecified atom stereocenters. The van der Waals surface area contributed by atoms with Gasteiger partial charge in [0.25, 0.3) is 5.91 Å². The molecule has 1 fully saturated rings. The van der Waals surface area contributed by atoms with Crippen LogP contribution in [0.2, 0.25) is 0 Å². The molecule has 7 nitrogen and oxygen atoms in total. The minimum atomic E-state index is -0.250. The third kappa shape index (κ3) is 4.09. The molecule has 2 aromatic rings. The first-order valence-corrected chi connectivity index (χ1v) is 9.55. The van der Waals surface area contributed by atoms with E-state index in [1.165, 1.54) is 5.56 Å². The molecule has 0 aliphatic carbocycles. The van der Waals surface area contributed by atoms with Crippen molar-refractivity contribution in [3.63, 3.8) is 0 Å². The monoisotopic (exact) mass is 384 g/mol. The molecular formula is C21H28N4O3.